The molecule has 0 spiro atoms. The Morgan fingerprint density at radius 1 is 0.756 bits per heavy atom. The Balaban J connectivity index is 1.92. The van der Waals surface area contributed by atoms with Crippen molar-refractivity contribution in [1.82, 2.24) is 10.6 Å². The zero-order chi connectivity index (χ0) is 33.0. The molecule has 0 fully saturated rings. The molecule has 0 saturated carbocycles. The van der Waals surface area contributed by atoms with Crippen LogP contribution in [-0.4, -0.2) is 72.9 Å². The lowest BCUT2D eigenvalue weighted by atomic mass is 10.1. The number of unbranched alkanes of at least 4 members (excludes halogenated alkanes) is 8. The lowest BCUT2D eigenvalue weighted by molar-refractivity contribution is -0.121. The first kappa shape index (κ1) is 39.9. The van der Waals surface area contributed by atoms with Gasteiger partial charge in [0.15, 0.2) is 0 Å². The standard InChI is InChI=1S/C34H54N4O6S/c1-3-4-5-6-7-8-9-10-11-12-13-14-15-16-17-18-31(39)37-23-25-42-27-28-43-26-24-38-33(40)30-21-19-29(20-22-30)32(35)44-34(36)45(2)41/h7-8,10-11,19-22,35-36H,3-6,9,12-18,23-28H2,1-2H3,(H,37,39)(H,38,40)/b8-7-,11-10-,35-32?,36-34?. The number of allylic oxidation sites excluding steroid dienone is 4. The number of hydrogen-bond acceptors (Lipinski definition) is 8. The Kier molecular flexibility index (Phi) is 24.1. The average Bonchev–Trinajstić information content (AvgIpc) is 3.03. The van der Waals surface area contributed by atoms with Gasteiger partial charge in [0.1, 0.15) is 10.8 Å². The van der Waals surface area contributed by atoms with Gasteiger partial charge in [0, 0.05) is 36.9 Å². The number of carbonyl (C=O) groups excluding carboxylic acids is 2. The second-order valence-electron chi connectivity index (χ2n) is 10.6. The van der Waals surface area contributed by atoms with Crippen molar-refractivity contribution in [3.63, 3.8) is 0 Å². The number of hydrogen-bond donors (Lipinski definition) is 4. The van der Waals surface area contributed by atoms with Crippen LogP contribution in [0.2, 0.25) is 0 Å². The molecule has 1 rings (SSSR count). The Hall–Kier alpha value is -3.15. The van der Waals surface area contributed by atoms with Crippen molar-refractivity contribution in [3.8, 4) is 0 Å². The van der Waals surface area contributed by atoms with E-state index in [1.165, 1.54) is 63.3 Å². The van der Waals surface area contributed by atoms with Gasteiger partial charge in [-0.2, -0.15) is 0 Å². The first-order chi connectivity index (χ1) is 21.8. The smallest absolute Gasteiger partial charge is 0.280 e. The van der Waals surface area contributed by atoms with E-state index in [-0.39, 0.29) is 17.7 Å². The fourth-order valence-electron chi connectivity index (χ4n) is 4.09. The van der Waals surface area contributed by atoms with Crippen molar-refractivity contribution in [2.45, 2.75) is 84.0 Å². The Morgan fingerprint density at radius 3 is 1.93 bits per heavy atom. The van der Waals surface area contributed by atoms with Crippen LogP contribution >= 0.6 is 0 Å². The molecule has 252 valence electrons. The molecule has 2 amide bonds. The van der Waals surface area contributed by atoms with Gasteiger partial charge in [0.05, 0.1) is 26.4 Å². The van der Waals surface area contributed by atoms with Crippen LogP contribution in [0, 0.1) is 10.8 Å². The summed E-state index contributed by atoms with van der Waals surface area (Å²) < 4.78 is 27.0. The molecule has 0 heterocycles. The molecule has 11 heteroatoms. The molecular weight excluding hydrogens is 592 g/mol. The van der Waals surface area contributed by atoms with E-state index in [9.17, 15) is 13.8 Å². The Labute approximate surface area is 272 Å². The van der Waals surface area contributed by atoms with Gasteiger partial charge in [-0.1, -0.05) is 63.3 Å². The molecule has 0 aliphatic carbocycles. The van der Waals surface area contributed by atoms with Crippen molar-refractivity contribution in [1.29, 1.82) is 10.8 Å². The maximum absolute atomic E-state index is 12.3. The summed E-state index contributed by atoms with van der Waals surface area (Å²) in [6.07, 6.45) is 23.8. The van der Waals surface area contributed by atoms with E-state index in [2.05, 4.69) is 41.9 Å². The number of benzene rings is 1. The second kappa shape index (κ2) is 27.2. The fourth-order valence-corrected chi connectivity index (χ4v) is 4.29. The molecule has 0 aliphatic rings. The highest BCUT2D eigenvalue weighted by atomic mass is 32.2. The number of ether oxygens (including phenoxy) is 3. The zero-order valence-electron chi connectivity index (χ0n) is 27.2. The molecule has 1 aromatic rings. The minimum absolute atomic E-state index is 0.0622. The van der Waals surface area contributed by atoms with Crippen LogP contribution in [0.15, 0.2) is 48.6 Å². The molecule has 0 aromatic heterocycles. The molecule has 0 bridgehead atoms. The van der Waals surface area contributed by atoms with Gasteiger partial charge in [-0.25, -0.2) is 4.21 Å². The minimum atomic E-state index is -1.61. The van der Waals surface area contributed by atoms with Crippen molar-refractivity contribution in [3.05, 3.63) is 59.7 Å². The largest absolute Gasteiger partial charge is 0.413 e. The molecule has 45 heavy (non-hydrogen) atoms. The molecule has 10 nitrogen and oxygen atoms in total. The van der Waals surface area contributed by atoms with Gasteiger partial charge in [-0.3, -0.25) is 20.4 Å². The zero-order valence-corrected chi connectivity index (χ0v) is 28.0. The quantitative estimate of drug-likeness (QED) is 0.0441. The lowest BCUT2D eigenvalue weighted by Gasteiger charge is -2.09. The average molecular weight is 647 g/mol. The van der Waals surface area contributed by atoms with Crippen LogP contribution in [0.3, 0.4) is 0 Å². The van der Waals surface area contributed by atoms with Crippen LogP contribution in [0.5, 0.6) is 0 Å². The normalized spacial score (nSPS) is 12.0. The summed E-state index contributed by atoms with van der Waals surface area (Å²) in [5, 5.41) is 20.4. The van der Waals surface area contributed by atoms with Crippen LogP contribution in [-0.2, 0) is 29.8 Å². The van der Waals surface area contributed by atoms with E-state index in [0.717, 1.165) is 25.7 Å². The van der Waals surface area contributed by atoms with Crippen molar-refractivity contribution < 1.29 is 28.0 Å². The maximum Gasteiger partial charge on any atom is 0.280 e. The molecule has 1 unspecified atom stereocenters. The summed E-state index contributed by atoms with van der Waals surface area (Å²) in [4.78, 5) is 24.2. The third-order valence-electron chi connectivity index (χ3n) is 6.69. The summed E-state index contributed by atoms with van der Waals surface area (Å²) in [7, 11) is -1.61. The number of rotatable bonds is 25. The first-order valence-corrected chi connectivity index (χ1v) is 17.7. The summed E-state index contributed by atoms with van der Waals surface area (Å²) in [6, 6.07) is 6.13. The van der Waals surface area contributed by atoms with E-state index in [0.29, 0.717) is 57.1 Å². The van der Waals surface area contributed by atoms with Crippen LogP contribution in [0.1, 0.15) is 99.9 Å². The summed E-state index contributed by atoms with van der Waals surface area (Å²) in [5.74, 6) is -0.536. The highest BCUT2D eigenvalue weighted by Gasteiger charge is 2.11. The number of amides is 2. The van der Waals surface area contributed by atoms with Gasteiger partial charge in [0.25, 0.3) is 11.1 Å². The third-order valence-corrected chi connectivity index (χ3v) is 7.30. The Bertz CT molecular complexity index is 1070. The van der Waals surface area contributed by atoms with Crippen LogP contribution in [0.25, 0.3) is 0 Å². The van der Waals surface area contributed by atoms with Gasteiger partial charge < -0.3 is 24.8 Å². The van der Waals surface area contributed by atoms with E-state index >= 15 is 0 Å². The Morgan fingerprint density at radius 2 is 1.31 bits per heavy atom. The fraction of sp³-hybridized carbons (Fsp3) is 0.588. The van der Waals surface area contributed by atoms with E-state index in [4.69, 9.17) is 25.0 Å². The SMILES string of the molecule is CCCCC/C=C\C/C=C\CCCCCCCC(=O)NCCOCCOCCNC(=O)c1ccc(C(=N)OC(=N)S(C)=O)cc1. The summed E-state index contributed by atoms with van der Waals surface area (Å²) in [6.45, 7) is 4.55. The molecule has 1 aromatic carbocycles. The number of carbonyl (C=O) groups is 2. The third kappa shape index (κ3) is 22.1. The van der Waals surface area contributed by atoms with E-state index < -0.39 is 16.0 Å². The molecule has 0 aliphatic heterocycles. The predicted molar refractivity (Wildman–Crippen MR) is 182 cm³/mol. The summed E-state index contributed by atoms with van der Waals surface area (Å²) >= 11 is 0. The lowest BCUT2D eigenvalue weighted by Crippen LogP contribution is -2.28. The predicted octanol–water partition coefficient (Wildman–Crippen LogP) is 6.03. The van der Waals surface area contributed by atoms with Gasteiger partial charge in [0.2, 0.25) is 11.8 Å². The topological polar surface area (TPSA) is 151 Å². The van der Waals surface area contributed by atoms with Crippen LogP contribution in [0.4, 0.5) is 0 Å². The first-order valence-electron chi connectivity index (χ1n) is 16.1. The molecule has 0 radical (unpaired) electrons. The van der Waals surface area contributed by atoms with Gasteiger partial charge in [-0.05, 0) is 62.8 Å². The van der Waals surface area contributed by atoms with Gasteiger partial charge >= 0.3 is 0 Å². The highest BCUT2D eigenvalue weighted by Crippen LogP contribution is 2.09. The van der Waals surface area contributed by atoms with E-state index in [1.54, 1.807) is 12.1 Å². The van der Waals surface area contributed by atoms with Crippen LogP contribution < -0.4 is 10.6 Å². The summed E-state index contributed by atoms with van der Waals surface area (Å²) in [5.41, 5.74) is 0.767. The molecular formula is C34H54N4O6S. The van der Waals surface area contributed by atoms with Crippen molar-refractivity contribution in [2.75, 3.05) is 45.8 Å². The molecule has 4 N–H and O–H groups in total. The maximum atomic E-state index is 12.3. The highest BCUT2D eigenvalue weighted by molar-refractivity contribution is 7.99. The van der Waals surface area contributed by atoms with E-state index in [1.807, 2.05) is 0 Å². The second-order valence-corrected chi connectivity index (χ2v) is 11.8. The van der Waals surface area contributed by atoms with Crippen molar-refractivity contribution in [2.24, 2.45) is 0 Å². The number of nitrogens with one attached hydrogen (secondary N) is 4. The van der Waals surface area contributed by atoms with Crippen molar-refractivity contribution >= 4 is 33.7 Å². The van der Waals surface area contributed by atoms with Gasteiger partial charge in [-0.15, -0.1) is 0 Å². The monoisotopic (exact) mass is 646 g/mol. The molecule has 0 saturated heterocycles. The minimum Gasteiger partial charge on any atom is -0.413 e. The molecule has 1 atom stereocenters.